The van der Waals surface area contributed by atoms with E-state index in [1.54, 1.807) is 6.92 Å². The van der Waals surface area contributed by atoms with E-state index in [9.17, 15) is 4.79 Å². The summed E-state index contributed by atoms with van der Waals surface area (Å²) < 4.78 is 6.11. The smallest absolute Gasteiger partial charge is 0.130 e. The van der Waals surface area contributed by atoms with Gasteiger partial charge in [0, 0.05) is 11.8 Å². The monoisotopic (exact) mass is 420 g/mol. The van der Waals surface area contributed by atoms with Crippen LogP contribution in [0.1, 0.15) is 129 Å². The lowest BCUT2D eigenvalue weighted by Crippen LogP contribution is -2.34. The lowest BCUT2D eigenvalue weighted by molar-refractivity contribution is -0.117. The largest absolute Gasteiger partial charge is 0.469 e. The quantitative estimate of drug-likeness (QED) is 0.215. The highest BCUT2D eigenvalue weighted by Gasteiger charge is 2.29. The first kappa shape index (κ1) is 26.2. The third-order valence-corrected chi connectivity index (χ3v) is 7.75. The van der Waals surface area contributed by atoms with Gasteiger partial charge in [0.2, 0.25) is 0 Å². The van der Waals surface area contributed by atoms with Crippen molar-refractivity contribution in [1.29, 1.82) is 0 Å². The van der Waals surface area contributed by atoms with Crippen molar-refractivity contribution in [1.82, 2.24) is 0 Å². The van der Waals surface area contributed by atoms with Gasteiger partial charge in [-0.15, -0.1) is 0 Å². The molecule has 0 aliphatic carbocycles. The van der Waals surface area contributed by atoms with Crippen LogP contribution in [0.5, 0.6) is 0 Å². The fourth-order valence-corrected chi connectivity index (χ4v) is 6.46. The minimum atomic E-state index is -1.03. The van der Waals surface area contributed by atoms with E-state index < -0.39 is 8.80 Å². The number of Topliss-reactive ketones (excluding diaryl/α,β-unsaturated/α-hetero) is 1. The molecule has 0 spiro atoms. The molecule has 3 heteroatoms. The first-order valence-electron chi connectivity index (χ1n) is 12.3. The summed E-state index contributed by atoms with van der Waals surface area (Å²) >= 11 is 0. The molecule has 1 unspecified atom stereocenters. The number of ketones is 1. The highest BCUT2D eigenvalue weighted by Crippen LogP contribution is 2.31. The first-order valence-corrected chi connectivity index (χ1v) is 15.2. The van der Waals surface area contributed by atoms with Gasteiger partial charge in [-0.05, 0) is 30.0 Å². The molecule has 0 aliphatic rings. The van der Waals surface area contributed by atoms with Crippen LogP contribution in [-0.2, 0) is 10.2 Å². The second-order valence-electron chi connectivity index (χ2n) is 10.4. The predicted molar refractivity (Wildman–Crippen MR) is 130 cm³/mol. The molecule has 0 fully saturated rings. The van der Waals surface area contributed by atoms with Crippen LogP contribution >= 0.6 is 0 Å². The summed E-state index contributed by atoms with van der Waals surface area (Å²) in [6.07, 6.45) is 17.3. The summed E-state index contributed by atoms with van der Waals surface area (Å²) in [4.78, 5) is 12.0. The second kappa shape index (κ2) is 13.5. The molecule has 1 rings (SSSR count). The van der Waals surface area contributed by atoms with Crippen LogP contribution in [0, 0.1) is 0 Å². The molecule has 0 radical (unpaired) electrons. The molecular formula is C26H48O2Si. The third-order valence-electron chi connectivity index (χ3n) is 6.00. The van der Waals surface area contributed by atoms with E-state index in [0.717, 1.165) is 12.2 Å². The SMILES string of the molecule is CCCCCCCCCCCCC(CC(C)=O)c1coc(C(C)(C)C)c1[SiH](C)C. The van der Waals surface area contributed by atoms with Crippen molar-refractivity contribution >= 4 is 19.8 Å². The van der Waals surface area contributed by atoms with Crippen molar-refractivity contribution < 1.29 is 9.21 Å². The van der Waals surface area contributed by atoms with Crippen LogP contribution in [-0.4, -0.2) is 14.6 Å². The van der Waals surface area contributed by atoms with Crippen LogP contribution < -0.4 is 5.19 Å². The molecular weight excluding hydrogens is 372 g/mol. The minimum absolute atomic E-state index is 0.0305. The average molecular weight is 421 g/mol. The Bertz CT molecular complexity index is 580. The molecule has 29 heavy (non-hydrogen) atoms. The molecule has 1 aromatic rings. The van der Waals surface area contributed by atoms with Gasteiger partial charge < -0.3 is 9.21 Å². The zero-order chi connectivity index (χ0) is 21.9. The van der Waals surface area contributed by atoms with Gasteiger partial charge in [-0.1, -0.05) is 105 Å². The standard InChI is InChI=1S/C26H48O2Si/c1-8-9-10-11-12-13-14-15-16-17-18-22(19-21(2)27)23-20-28-25(26(3,4)5)24(23)29(6)7/h20,22,29H,8-19H2,1-7H3. The number of rotatable bonds is 15. The van der Waals surface area contributed by atoms with E-state index in [1.807, 2.05) is 6.26 Å². The number of furan rings is 1. The number of carbonyl (C=O) groups excluding carboxylic acids is 1. The van der Waals surface area contributed by atoms with Crippen LogP contribution in [0.3, 0.4) is 0 Å². The highest BCUT2D eigenvalue weighted by atomic mass is 28.3. The number of hydrogen-bond donors (Lipinski definition) is 0. The Labute approximate surface area is 182 Å². The summed E-state index contributed by atoms with van der Waals surface area (Å²) in [5, 5.41) is 1.48. The van der Waals surface area contributed by atoms with Crippen LogP contribution in [0.15, 0.2) is 10.7 Å². The maximum absolute atomic E-state index is 12.0. The van der Waals surface area contributed by atoms with Gasteiger partial charge in [-0.2, -0.15) is 0 Å². The fourth-order valence-electron chi connectivity index (χ4n) is 4.47. The van der Waals surface area contributed by atoms with Crippen LogP contribution in [0.2, 0.25) is 13.1 Å². The molecule has 1 atom stereocenters. The van der Waals surface area contributed by atoms with E-state index in [4.69, 9.17) is 4.42 Å². The maximum Gasteiger partial charge on any atom is 0.130 e. The second-order valence-corrected chi connectivity index (χ2v) is 13.3. The summed E-state index contributed by atoms with van der Waals surface area (Å²) in [5.74, 6) is 1.80. The molecule has 0 saturated carbocycles. The zero-order valence-electron chi connectivity index (χ0n) is 20.5. The maximum atomic E-state index is 12.0. The van der Waals surface area contributed by atoms with Gasteiger partial charge >= 0.3 is 0 Å². The van der Waals surface area contributed by atoms with Crippen molar-refractivity contribution in [3.8, 4) is 0 Å². The van der Waals surface area contributed by atoms with Gasteiger partial charge in [0.15, 0.2) is 0 Å². The third kappa shape index (κ3) is 9.68. The average Bonchev–Trinajstić information content (AvgIpc) is 3.07. The molecule has 0 aromatic carbocycles. The van der Waals surface area contributed by atoms with Crippen LogP contribution in [0.25, 0.3) is 0 Å². The molecule has 1 aromatic heterocycles. The molecule has 0 N–H and O–H groups in total. The Balaban J connectivity index is 2.59. The summed E-state index contributed by atoms with van der Waals surface area (Å²) in [6.45, 7) is 15.5. The van der Waals surface area contributed by atoms with Gasteiger partial charge in [-0.3, -0.25) is 0 Å². The van der Waals surface area contributed by atoms with Crippen molar-refractivity contribution in [3.63, 3.8) is 0 Å². The zero-order valence-corrected chi connectivity index (χ0v) is 21.7. The Morgan fingerprint density at radius 3 is 1.93 bits per heavy atom. The Kier molecular flexibility index (Phi) is 12.2. The van der Waals surface area contributed by atoms with Gasteiger partial charge in [-0.25, -0.2) is 0 Å². The van der Waals surface area contributed by atoms with E-state index in [-0.39, 0.29) is 5.41 Å². The molecule has 0 aliphatic heterocycles. The Morgan fingerprint density at radius 2 is 1.48 bits per heavy atom. The van der Waals surface area contributed by atoms with Gasteiger partial charge in [0.1, 0.15) is 11.5 Å². The molecule has 2 nitrogen and oxygen atoms in total. The molecule has 0 bridgehead atoms. The minimum Gasteiger partial charge on any atom is -0.469 e. The highest BCUT2D eigenvalue weighted by molar-refractivity contribution is 6.71. The summed E-state index contributed by atoms with van der Waals surface area (Å²) in [7, 11) is -1.03. The molecule has 1 heterocycles. The Hall–Kier alpha value is -0.833. The Morgan fingerprint density at radius 1 is 0.966 bits per heavy atom. The predicted octanol–water partition coefficient (Wildman–Crippen LogP) is 7.64. The molecule has 168 valence electrons. The van der Waals surface area contributed by atoms with Crippen molar-refractivity contribution in [2.45, 2.75) is 136 Å². The fraction of sp³-hybridized carbons (Fsp3) is 0.808. The molecule has 0 saturated heterocycles. The summed E-state index contributed by atoms with van der Waals surface area (Å²) in [6, 6.07) is 0. The topological polar surface area (TPSA) is 30.2 Å². The number of unbranched alkanes of at least 4 members (excludes halogenated alkanes) is 9. The van der Waals surface area contributed by atoms with E-state index in [2.05, 4.69) is 40.8 Å². The van der Waals surface area contributed by atoms with Crippen LogP contribution in [0.4, 0.5) is 0 Å². The van der Waals surface area contributed by atoms with E-state index >= 15 is 0 Å². The summed E-state index contributed by atoms with van der Waals surface area (Å²) in [5.41, 5.74) is 1.38. The van der Waals surface area contributed by atoms with E-state index in [0.29, 0.717) is 18.1 Å². The lowest BCUT2D eigenvalue weighted by atomic mass is 9.87. The number of carbonyl (C=O) groups is 1. The van der Waals surface area contributed by atoms with E-state index in [1.165, 1.54) is 75.0 Å². The van der Waals surface area contributed by atoms with Gasteiger partial charge in [0.05, 0.1) is 15.1 Å². The number of hydrogen-bond acceptors (Lipinski definition) is 2. The lowest BCUT2D eigenvalue weighted by Gasteiger charge is -2.22. The van der Waals surface area contributed by atoms with Gasteiger partial charge in [0.25, 0.3) is 0 Å². The normalized spacial score (nSPS) is 13.2. The van der Waals surface area contributed by atoms with Crippen molar-refractivity contribution in [2.75, 3.05) is 0 Å². The van der Waals surface area contributed by atoms with Crippen molar-refractivity contribution in [2.24, 2.45) is 0 Å². The van der Waals surface area contributed by atoms with Crippen molar-refractivity contribution in [3.05, 3.63) is 17.6 Å². The first-order chi connectivity index (χ1) is 13.7. The molecule has 0 amide bonds.